The molecule has 1 aromatic carbocycles. The van der Waals surface area contributed by atoms with Gasteiger partial charge in [0.15, 0.2) is 0 Å². The van der Waals surface area contributed by atoms with E-state index in [-0.39, 0.29) is 0 Å². The molecule has 0 fully saturated rings. The molecule has 1 rings (SSSR count). The first-order valence-electron chi connectivity index (χ1n) is 7.40. The standard InChI is InChI=1S/C17H26O3/c1-4-5-6-10-13-19-16(17(2,3)14-18)20-15-11-8-7-9-12-15/h7-9,11-12,14,16H,4-6,10,13H2,1-3H3. The first-order chi connectivity index (χ1) is 9.60. The third kappa shape index (κ3) is 5.74. The van der Waals surface area contributed by atoms with Gasteiger partial charge in [-0.3, -0.25) is 0 Å². The van der Waals surface area contributed by atoms with Crippen LogP contribution in [0.15, 0.2) is 30.3 Å². The van der Waals surface area contributed by atoms with Gasteiger partial charge in [-0.1, -0.05) is 44.4 Å². The highest BCUT2D eigenvalue weighted by Crippen LogP contribution is 2.24. The summed E-state index contributed by atoms with van der Waals surface area (Å²) in [6.45, 7) is 6.46. The van der Waals surface area contributed by atoms with Crippen LogP contribution in [0.2, 0.25) is 0 Å². The normalized spacial score (nSPS) is 12.9. The SMILES string of the molecule is CCCCCCOC(Oc1ccccc1)C(C)(C)C=O. The minimum Gasteiger partial charge on any atom is -0.464 e. The number of para-hydroxylation sites is 1. The highest BCUT2D eigenvalue weighted by atomic mass is 16.7. The van der Waals surface area contributed by atoms with E-state index < -0.39 is 11.7 Å². The van der Waals surface area contributed by atoms with Gasteiger partial charge in [-0.05, 0) is 32.4 Å². The predicted octanol–water partition coefficient (Wildman–Crippen LogP) is 4.21. The molecular weight excluding hydrogens is 252 g/mol. The minimum absolute atomic E-state index is 0.552. The third-order valence-electron chi connectivity index (χ3n) is 3.16. The topological polar surface area (TPSA) is 35.5 Å². The molecule has 0 amide bonds. The van der Waals surface area contributed by atoms with Crippen molar-refractivity contribution in [1.82, 2.24) is 0 Å². The summed E-state index contributed by atoms with van der Waals surface area (Å²) in [5.41, 5.74) is -0.666. The molecule has 1 unspecified atom stereocenters. The molecule has 0 bridgehead atoms. The zero-order chi connectivity index (χ0) is 14.8. The van der Waals surface area contributed by atoms with Crippen molar-refractivity contribution in [2.75, 3.05) is 6.61 Å². The second-order valence-corrected chi connectivity index (χ2v) is 5.63. The fourth-order valence-corrected chi connectivity index (χ4v) is 1.80. The van der Waals surface area contributed by atoms with E-state index in [0.29, 0.717) is 6.61 Å². The summed E-state index contributed by atoms with van der Waals surface area (Å²) in [6.07, 6.45) is 4.90. The van der Waals surface area contributed by atoms with Crippen LogP contribution in [0.4, 0.5) is 0 Å². The van der Waals surface area contributed by atoms with Crippen molar-refractivity contribution < 1.29 is 14.3 Å². The molecule has 0 aliphatic carbocycles. The number of benzene rings is 1. The van der Waals surface area contributed by atoms with Gasteiger partial charge >= 0.3 is 0 Å². The lowest BCUT2D eigenvalue weighted by molar-refractivity contribution is -0.156. The van der Waals surface area contributed by atoms with Gasteiger partial charge < -0.3 is 14.3 Å². The summed E-state index contributed by atoms with van der Waals surface area (Å²) in [5.74, 6) is 0.723. The number of unbranched alkanes of at least 4 members (excludes halogenated alkanes) is 3. The summed E-state index contributed by atoms with van der Waals surface area (Å²) in [5, 5.41) is 0. The van der Waals surface area contributed by atoms with Crippen LogP contribution >= 0.6 is 0 Å². The first kappa shape index (κ1) is 16.7. The molecule has 1 aromatic rings. The number of ether oxygens (including phenoxy) is 2. The van der Waals surface area contributed by atoms with Gasteiger partial charge in [-0.25, -0.2) is 0 Å². The Bertz CT molecular complexity index is 373. The number of carbonyl (C=O) groups excluding carboxylic acids is 1. The lowest BCUT2D eigenvalue weighted by Crippen LogP contribution is -2.38. The van der Waals surface area contributed by atoms with Crippen LogP contribution in [-0.4, -0.2) is 19.2 Å². The van der Waals surface area contributed by atoms with Crippen LogP contribution in [0.25, 0.3) is 0 Å². The Hall–Kier alpha value is -1.35. The van der Waals surface area contributed by atoms with Crippen LogP contribution in [0, 0.1) is 5.41 Å². The number of rotatable bonds is 10. The van der Waals surface area contributed by atoms with Crippen molar-refractivity contribution in [3.63, 3.8) is 0 Å². The second kappa shape index (κ2) is 8.75. The van der Waals surface area contributed by atoms with Gasteiger partial charge in [0.05, 0.1) is 12.0 Å². The van der Waals surface area contributed by atoms with Crippen molar-refractivity contribution in [3.8, 4) is 5.75 Å². The molecule has 0 N–H and O–H groups in total. The lowest BCUT2D eigenvalue weighted by Gasteiger charge is -2.29. The average Bonchev–Trinajstić information content (AvgIpc) is 2.47. The molecule has 112 valence electrons. The highest BCUT2D eigenvalue weighted by molar-refractivity contribution is 5.58. The van der Waals surface area contributed by atoms with Crippen molar-refractivity contribution >= 4 is 6.29 Å². The fourth-order valence-electron chi connectivity index (χ4n) is 1.80. The molecule has 0 aliphatic heterocycles. The number of hydrogen-bond acceptors (Lipinski definition) is 3. The molecule has 0 spiro atoms. The Morgan fingerprint density at radius 1 is 1.15 bits per heavy atom. The van der Waals surface area contributed by atoms with Crippen molar-refractivity contribution in [2.24, 2.45) is 5.41 Å². The Morgan fingerprint density at radius 2 is 1.85 bits per heavy atom. The summed E-state index contributed by atoms with van der Waals surface area (Å²) in [7, 11) is 0. The van der Waals surface area contributed by atoms with E-state index in [4.69, 9.17) is 9.47 Å². The molecular formula is C17H26O3. The van der Waals surface area contributed by atoms with E-state index >= 15 is 0 Å². The van der Waals surface area contributed by atoms with Gasteiger partial charge in [-0.2, -0.15) is 0 Å². The minimum atomic E-state index is -0.666. The predicted molar refractivity (Wildman–Crippen MR) is 80.8 cm³/mol. The monoisotopic (exact) mass is 278 g/mol. The molecule has 0 aromatic heterocycles. The van der Waals surface area contributed by atoms with Gasteiger partial charge in [0.1, 0.15) is 12.0 Å². The molecule has 0 heterocycles. The van der Waals surface area contributed by atoms with Gasteiger partial charge in [-0.15, -0.1) is 0 Å². The van der Waals surface area contributed by atoms with E-state index in [1.165, 1.54) is 12.8 Å². The zero-order valence-corrected chi connectivity index (χ0v) is 12.8. The third-order valence-corrected chi connectivity index (χ3v) is 3.16. The van der Waals surface area contributed by atoms with E-state index in [1.54, 1.807) is 0 Å². The Kier molecular flexibility index (Phi) is 7.31. The van der Waals surface area contributed by atoms with Crippen LogP contribution in [0.5, 0.6) is 5.75 Å². The van der Waals surface area contributed by atoms with E-state index in [0.717, 1.165) is 24.9 Å². The molecule has 1 atom stereocenters. The first-order valence-corrected chi connectivity index (χ1v) is 7.40. The van der Waals surface area contributed by atoms with E-state index in [1.807, 2.05) is 44.2 Å². The smallest absolute Gasteiger partial charge is 0.211 e. The van der Waals surface area contributed by atoms with Gasteiger partial charge in [0, 0.05) is 0 Å². The van der Waals surface area contributed by atoms with Crippen molar-refractivity contribution in [1.29, 1.82) is 0 Å². The van der Waals surface area contributed by atoms with Crippen LogP contribution in [0.3, 0.4) is 0 Å². The molecule has 0 aliphatic rings. The maximum Gasteiger partial charge on any atom is 0.211 e. The van der Waals surface area contributed by atoms with Crippen LogP contribution in [0.1, 0.15) is 46.5 Å². The molecule has 3 heteroatoms. The molecule has 20 heavy (non-hydrogen) atoms. The lowest BCUT2D eigenvalue weighted by atomic mass is 9.95. The number of aldehydes is 1. The number of hydrogen-bond donors (Lipinski definition) is 0. The van der Waals surface area contributed by atoms with E-state index in [9.17, 15) is 4.79 Å². The van der Waals surface area contributed by atoms with E-state index in [2.05, 4.69) is 6.92 Å². The quantitative estimate of drug-likeness (QED) is 0.365. The Morgan fingerprint density at radius 3 is 2.45 bits per heavy atom. The van der Waals surface area contributed by atoms with Gasteiger partial charge in [0.25, 0.3) is 0 Å². The summed E-state index contributed by atoms with van der Waals surface area (Å²) in [6, 6.07) is 9.48. The van der Waals surface area contributed by atoms with Crippen molar-refractivity contribution in [2.45, 2.75) is 52.7 Å². The number of carbonyl (C=O) groups is 1. The summed E-state index contributed by atoms with van der Waals surface area (Å²) >= 11 is 0. The average molecular weight is 278 g/mol. The van der Waals surface area contributed by atoms with Crippen LogP contribution < -0.4 is 4.74 Å². The maximum atomic E-state index is 11.2. The molecule has 0 radical (unpaired) electrons. The van der Waals surface area contributed by atoms with Gasteiger partial charge in [0.2, 0.25) is 6.29 Å². The molecule has 0 saturated heterocycles. The highest BCUT2D eigenvalue weighted by Gasteiger charge is 2.32. The summed E-state index contributed by atoms with van der Waals surface area (Å²) in [4.78, 5) is 11.2. The Labute approximate surface area is 122 Å². The van der Waals surface area contributed by atoms with Crippen LogP contribution in [-0.2, 0) is 9.53 Å². The fraction of sp³-hybridized carbons (Fsp3) is 0.588. The molecule has 0 saturated carbocycles. The zero-order valence-electron chi connectivity index (χ0n) is 12.8. The second-order valence-electron chi connectivity index (χ2n) is 5.63. The maximum absolute atomic E-state index is 11.2. The molecule has 3 nitrogen and oxygen atoms in total. The van der Waals surface area contributed by atoms with Crippen molar-refractivity contribution in [3.05, 3.63) is 30.3 Å². The Balaban J connectivity index is 2.55. The largest absolute Gasteiger partial charge is 0.464 e. The summed E-state index contributed by atoms with van der Waals surface area (Å²) < 4.78 is 11.6.